The van der Waals surface area contributed by atoms with Crippen molar-refractivity contribution in [2.24, 2.45) is 11.8 Å². The lowest BCUT2D eigenvalue weighted by atomic mass is 9.82. The summed E-state index contributed by atoms with van der Waals surface area (Å²) in [5.74, 6) is 0.327. The smallest absolute Gasteiger partial charge is 0.188 e. The monoisotopic (exact) mass is 317 g/mol. The molecule has 0 aliphatic heterocycles. The van der Waals surface area contributed by atoms with Crippen molar-refractivity contribution in [1.29, 1.82) is 0 Å². The maximum absolute atomic E-state index is 10.1. The van der Waals surface area contributed by atoms with Gasteiger partial charge in [-0.3, -0.25) is 5.32 Å². The van der Waals surface area contributed by atoms with Crippen LogP contribution in [0.3, 0.4) is 0 Å². The molecule has 130 valence electrons. The predicted molar refractivity (Wildman–Crippen MR) is 83.6 cm³/mol. The van der Waals surface area contributed by atoms with E-state index < -0.39 is 18.4 Å². The molecule has 0 aromatic heterocycles. The molecule has 0 spiro atoms. The molecule has 4 N–H and O–H groups in total. The number of nitrogens with one attached hydrogen (secondary N) is 1. The maximum Gasteiger partial charge on any atom is 0.188 e. The molecule has 0 radical (unpaired) electrons. The van der Waals surface area contributed by atoms with Gasteiger partial charge in [-0.2, -0.15) is 0 Å². The van der Waals surface area contributed by atoms with Gasteiger partial charge < -0.3 is 24.8 Å². The Morgan fingerprint density at radius 3 is 2.55 bits per heavy atom. The maximum atomic E-state index is 10.1. The number of hydrogen-bond acceptors (Lipinski definition) is 6. The molecule has 1 saturated carbocycles. The molecule has 0 heterocycles. The van der Waals surface area contributed by atoms with Crippen LogP contribution in [0.25, 0.3) is 0 Å². The summed E-state index contributed by atoms with van der Waals surface area (Å²) < 4.78 is 10.8. The lowest BCUT2D eigenvalue weighted by molar-refractivity contribution is -0.171. The van der Waals surface area contributed by atoms with Gasteiger partial charge in [0.15, 0.2) is 13.1 Å². The lowest BCUT2D eigenvalue weighted by Crippen LogP contribution is -2.49. The fourth-order valence-electron chi connectivity index (χ4n) is 2.70. The van der Waals surface area contributed by atoms with Crippen molar-refractivity contribution in [3.05, 3.63) is 12.3 Å². The quantitative estimate of drug-likeness (QED) is 0.379. The van der Waals surface area contributed by atoms with Crippen LogP contribution in [0.5, 0.6) is 0 Å². The molecular weight excluding hydrogens is 286 g/mol. The zero-order valence-electron chi connectivity index (χ0n) is 13.9. The van der Waals surface area contributed by atoms with E-state index in [0.717, 1.165) is 12.8 Å². The van der Waals surface area contributed by atoms with E-state index in [1.807, 2.05) is 13.8 Å². The molecule has 5 atom stereocenters. The van der Waals surface area contributed by atoms with E-state index in [2.05, 4.69) is 11.9 Å². The van der Waals surface area contributed by atoms with Crippen molar-refractivity contribution >= 4 is 0 Å². The Morgan fingerprint density at radius 1 is 1.32 bits per heavy atom. The van der Waals surface area contributed by atoms with Gasteiger partial charge in [0.05, 0.1) is 11.9 Å². The van der Waals surface area contributed by atoms with Gasteiger partial charge in [0.2, 0.25) is 0 Å². The van der Waals surface area contributed by atoms with Crippen LogP contribution >= 0.6 is 0 Å². The lowest BCUT2D eigenvalue weighted by Gasteiger charge is -2.38. The molecule has 0 aromatic carbocycles. The molecule has 1 aliphatic carbocycles. The van der Waals surface area contributed by atoms with E-state index >= 15 is 0 Å². The summed E-state index contributed by atoms with van der Waals surface area (Å²) in [6.07, 6.45) is 0.648. The van der Waals surface area contributed by atoms with Gasteiger partial charge >= 0.3 is 0 Å². The summed E-state index contributed by atoms with van der Waals surface area (Å²) in [5, 5.41) is 32.4. The summed E-state index contributed by atoms with van der Waals surface area (Å²) in [6, 6.07) is 0.0534. The van der Waals surface area contributed by atoms with Crippen molar-refractivity contribution in [2.45, 2.75) is 71.1 Å². The minimum atomic E-state index is -1.44. The molecule has 1 fully saturated rings. The van der Waals surface area contributed by atoms with Crippen LogP contribution in [0, 0.1) is 11.8 Å². The first-order valence-electron chi connectivity index (χ1n) is 8.05. The van der Waals surface area contributed by atoms with Gasteiger partial charge in [0.25, 0.3) is 0 Å². The highest BCUT2D eigenvalue weighted by Crippen LogP contribution is 2.30. The topological polar surface area (TPSA) is 91.2 Å². The van der Waals surface area contributed by atoms with Gasteiger partial charge in [-0.25, -0.2) is 0 Å². The van der Waals surface area contributed by atoms with Crippen molar-refractivity contribution in [2.75, 3.05) is 6.79 Å². The van der Waals surface area contributed by atoms with Crippen molar-refractivity contribution in [3.63, 3.8) is 0 Å². The average Bonchev–Trinajstić information content (AvgIpc) is 2.46. The molecular formula is C16H31NO5. The van der Waals surface area contributed by atoms with Crippen LogP contribution in [0.2, 0.25) is 0 Å². The third-order valence-electron chi connectivity index (χ3n) is 4.39. The third kappa shape index (κ3) is 6.22. The Morgan fingerprint density at radius 2 is 2.00 bits per heavy atom. The Bertz CT molecular complexity index is 336. The van der Waals surface area contributed by atoms with E-state index in [-0.39, 0.29) is 24.9 Å². The van der Waals surface area contributed by atoms with Gasteiger partial charge in [0, 0.05) is 12.0 Å². The third-order valence-corrected chi connectivity index (χ3v) is 4.39. The van der Waals surface area contributed by atoms with Crippen LogP contribution in [-0.2, 0) is 9.47 Å². The first-order chi connectivity index (χ1) is 10.3. The normalized spacial score (nSPS) is 28.4. The number of aliphatic hydroxyl groups excluding tert-OH is 2. The van der Waals surface area contributed by atoms with Crippen LogP contribution in [-0.4, -0.2) is 46.8 Å². The van der Waals surface area contributed by atoms with Crippen LogP contribution in [0.4, 0.5) is 0 Å². The summed E-state index contributed by atoms with van der Waals surface area (Å²) in [6.45, 7) is 9.44. The molecule has 6 heteroatoms. The molecule has 22 heavy (non-hydrogen) atoms. The second kappa shape index (κ2) is 9.47. The zero-order valence-corrected chi connectivity index (χ0v) is 13.9. The number of allylic oxidation sites excluding steroid dienone is 1. The van der Waals surface area contributed by atoms with Gasteiger partial charge in [-0.1, -0.05) is 20.4 Å². The summed E-state index contributed by atoms with van der Waals surface area (Å²) in [7, 11) is 0. The molecule has 1 rings (SSSR count). The Labute approximate surface area is 133 Å². The number of ether oxygens (including phenoxy) is 2. The molecule has 0 saturated heterocycles. The first-order valence-corrected chi connectivity index (χ1v) is 8.05. The molecule has 0 amide bonds. The second-order valence-corrected chi connectivity index (χ2v) is 6.25. The molecule has 5 unspecified atom stereocenters. The second-order valence-electron chi connectivity index (χ2n) is 6.25. The van der Waals surface area contributed by atoms with Crippen LogP contribution in [0.15, 0.2) is 12.3 Å². The number of aliphatic hydroxyl groups is 3. The number of rotatable bonds is 9. The Balaban J connectivity index is 2.50. The summed E-state index contributed by atoms with van der Waals surface area (Å²) >= 11 is 0. The zero-order chi connectivity index (χ0) is 16.7. The van der Waals surface area contributed by atoms with E-state index in [0.29, 0.717) is 18.6 Å². The molecule has 6 nitrogen and oxygen atoms in total. The average molecular weight is 317 g/mol. The van der Waals surface area contributed by atoms with Gasteiger partial charge in [-0.05, 0) is 38.5 Å². The highest BCUT2D eigenvalue weighted by molar-refractivity contribution is 4.86. The van der Waals surface area contributed by atoms with Gasteiger partial charge in [-0.15, -0.1) is 0 Å². The molecule has 0 aromatic rings. The molecule has 0 bridgehead atoms. The summed E-state index contributed by atoms with van der Waals surface area (Å²) in [4.78, 5) is 0. The highest BCUT2D eigenvalue weighted by atomic mass is 16.7. The van der Waals surface area contributed by atoms with Crippen molar-refractivity contribution < 1.29 is 24.8 Å². The largest absolute Gasteiger partial charge is 0.473 e. The number of hydrogen-bond donors (Lipinski definition) is 4. The SMILES string of the molecule is C=C(C)OCOC1CCC(NC(O)C(C)CC)CC1C(O)O. The fourth-order valence-corrected chi connectivity index (χ4v) is 2.70. The van der Waals surface area contributed by atoms with E-state index in [9.17, 15) is 15.3 Å². The minimum Gasteiger partial charge on any atom is -0.473 e. The van der Waals surface area contributed by atoms with E-state index in [1.54, 1.807) is 6.92 Å². The van der Waals surface area contributed by atoms with E-state index in [4.69, 9.17) is 9.47 Å². The van der Waals surface area contributed by atoms with E-state index in [1.165, 1.54) is 0 Å². The standard InChI is InChI=1S/C16H31NO5/c1-5-11(4)15(18)17-12-6-7-14(13(8-12)16(19)20)22-9-21-10(2)3/h11-20H,2,5-9H2,1,3-4H3. The van der Waals surface area contributed by atoms with Crippen molar-refractivity contribution in [1.82, 2.24) is 5.32 Å². The predicted octanol–water partition coefficient (Wildman–Crippen LogP) is 1.31. The summed E-state index contributed by atoms with van der Waals surface area (Å²) in [5.41, 5.74) is 0. The Kier molecular flexibility index (Phi) is 8.35. The van der Waals surface area contributed by atoms with Crippen molar-refractivity contribution in [3.8, 4) is 0 Å². The highest BCUT2D eigenvalue weighted by Gasteiger charge is 2.36. The van der Waals surface area contributed by atoms with Crippen LogP contribution < -0.4 is 5.32 Å². The Hall–Kier alpha value is -0.660. The fraction of sp³-hybridized carbons (Fsp3) is 0.875. The first kappa shape index (κ1) is 19.4. The molecule has 1 aliphatic rings. The van der Waals surface area contributed by atoms with Crippen LogP contribution in [0.1, 0.15) is 46.5 Å². The minimum absolute atomic E-state index is 0.0534. The van der Waals surface area contributed by atoms with Gasteiger partial charge in [0.1, 0.15) is 6.23 Å².